The average Bonchev–Trinajstić information content (AvgIpc) is 2.97. The number of esters is 1. The number of nitrogens with zero attached hydrogens (tertiary/aromatic N) is 2. The second-order valence-electron chi connectivity index (χ2n) is 8.30. The highest BCUT2D eigenvalue weighted by Gasteiger charge is 2.73. The number of halogens is 4. The molecule has 1 aromatic carbocycles. The van der Waals surface area contributed by atoms with Crippen molar-refractivity contribution in [2.75, 3.05) is 12.3 Å². The Morgan fingerprint density at radius 1 is 1.19 bits per heavy atom. The standard InChI is InChI=1S/C21H25F4N4O7P/c1-12(2)34-17(30)13(3)28-37(32,36-14-7-5-4-6-8-14)33-11-15-20(22,23)21(24,25)18(35-15)29-10-9-16(26)27-19(29)31/h4-10,12-13,15,18H,11H2,1-3H3,(H,28,32)(H2,26,27,31)/t13-,15+,18+,37?/m0/s1. The third-order valence-electron chi connectivity index (χ3n) is 4.98. The SMILES string of the molecule is CC(C)OC(=O)[C@H](C)NP(=O)(OC[C@H]1O[C@@H](n2ccc(N)nc2=O)C(F)(F)C1(F)F)Oc1ccccc1. The molecule has 1 aromatic heterocycles. The van der Waals surface area contributed by atoms with Crippen LogP contribution in [0.4, 0.5) is 23.4 Å². The molecule has 204 valence electrons. The molecule has 3 rings (SSSR count). The number of benzene rings is 1. The summed E-state index contributed by atoms with van der Waals surface area (Å²) in [6.45, 7) is 3.01. The summed E-state index contributed by atoms with van der Waals surface area (Å²) >= 11 is 0. The lowest BCUT2D eigenvalue weighted by atomic mass is 10.1. The van der Waals surface area contributed by atoms with Gasteiger partial charge in [0.25, 0.3) is 0 Å². The van der Waals surface area contributed by atoms with E-state index >= 15 is 0 Å². The number of hydrogen-bond donors (Lipinski definition) is 2. The second kappa shape index (κ2) is 10.8. The number of nitrogen functional groups attached to an aromatic ring is 1. The van der Waals surface area contributed by atoms with Crippen molar-refractivity contribution in [1.82, 2.24) is 14.6 Å². The number of carbonyl (C=O) groups is 1. The van der Waals surface area contributed by atoms with Gasteiger partial charge in [-0.1, -0.05) is 18.2 Å². The molecule has 2 aromatic rings. The van der Waals surface area contributed by atoms with Crippen LogP contribution < -0.4 is 21.0 Å². The van der Waals surface area contributed by atoms with E-state index in [4.69, 9.17) is 24.3 Å². The lowest BCUT2D eigenvalue weighted by Crippen LogP contribution is -2.47. The van der Waals surface area contributed by atoms with Crippen molar-refractivity contribution in [2.45, 2.75) is 57.1 Å². The average molecular weight is 552 g/mol. The fraction of sp³-hybridized carbons (Fsp3) is 0.476. The smallest absolute Gasteiger partial charge is 0.459 e. The minimum Gasteiger partial charge on any atom is -0.462 e. The van der Waals surface area contributed by atoms with Gasteiger partial charge in [0.1, 0.15) is 17.6 Å². The number of nitrogens with two attached hydrogens (primary N) is 1. The summed E-state index contributed by atoms with van der Waals surface area (Å²) in [5, 5.41) is 2.25. The predicted octanol–water partition coefficient (Wildman–Crippen LogP) is 3.13. The summed E-state index contributed by atoms with van der Waals surface area (Å²) in [5.41, 5.74) is 3.97. The lowest BCUT2D eigenvalue weighted by molar-refractivity contribution is -0.209. The van der Waals surface area contributed by atoms with Gasteiger partial charge in [0.15, 0.2) is 6.10 Å². The van der Waals surface area contributed by atoms with Crippen LogP contribution in [0.25, 0.3) is 0 Å². The normalized spacial score (nSPS) is 22.8. The molecule has 4 atom stereocenters. The number of alkyl halides is 4. The third-order valence-corrected chi connectivity index (χ3v) is 6.62. The lowest BCUT2D eigenvalue weighted by Gasteiger charge is -2.26. The molecule has 1 aliphatic heterocycles. The fourth-order valence-corrected chi connectivity index (χ4v) is 4.69. The molecule has 2 heterocycles. The Balaban J connectivity index is 1.84. The molecule has 1 aliphatic rings. The summed E-state index contributed by atoms with van der Waals surface area (Å²) in [7, 11) is -4.66. The van der Waals surface area contributed by atoms with Crippen molar-refractivity contribution in [3.8, 4) is 5.75 Å². The highest BCUT2D eigenvalue weighted by Crippen LogP contribution is 2.54. The van der Waals surface area contributed by atoms with Gasteiger partial charge < -0.3 is 19.7 Å². The van der Waals surface area contributed by atoms with E-state index in [1.165, 1.54) is 31.2 Å². The molecule has 16 heteroatoms. The van der Waals surface area contributed by atoms with Crippen LogP contribution in [-0.4, -0.2) is 52.2 Å². The Kier molecular flexibility index (Phi) is 8.32. The Morgan fingerprint density at radius 3 is 2.43 bits per heavy atom. The van der Waals surface area contributed by atoms with E-state index in [0.717, 1.165) is 12.3 Å². The monoisotopic (exact) mass is 552 g/mol. The zero-order valence-electron chi connectivity index (χ0n) is 19.8. The van der Waals surface area contributed by atoms with Crippen molar-refractivity contribution in [2.24, 2.45) is 0 Å². The van der Waals surface area contributed by atoms with E-state index in [9.17, 15) is 31.7 Å². The van der Waals surface area contributed by atoms with Gasteiger partial charge in [-0.3, -0.25) is 13.9 Å². The van der Waals surface area contributed by atoms with Crippen molar-refractivity contribution >= 4 is 19.5 Å². The van der Waals surface area contributed by atoms with Gasteiger partial charge in [0.2, 0.25) is 6.23 Å². The Morgan fingerprint density at radius 2 is 1.84 bits per heavy atom. The molecule has 0 radical (unpaired) electrons. The van der Waals surface area contributed by atoms with Crippen LogP contribution in [0.15, 0.2) is 47.4 Å². The van der Waals surface area contributed by atoms with Gasteiger partial charge in [-0.05, 0) is 39.0 Å². The van der Waals surface area contributed by atoms with E-state index in [1.807, 2.05) is 0 Å². The van der Waals surface area contributed by atoms with Crippen molar-refractivity contribution in [3.63, 3.8) is 0 Å². The Bertz CT molecular complexity index is 1210. The minimum absolute atomic E-state index is 0.0374. The van der Waals surface area contributed by atoms with Crippen LogP contribution in [0.3, 0.4) is 0 Å². The number of para-hydroxylation sites is 1. The van der Waals surface area contributed by atoms with Crippen molar-refractivity contribution < 1.29 is 45.4 Å². The maximum absolute atomic E-state index is 14.7. The molecule has 1 fully saturated rings. The Labute approximate surface area is 208 Å². The first-order chi connectivity index (χ1) is 17.2. The summed E-state index contributed by atoms with van der Waals surface area (Å²) in [5.74, 6) is -11.0. The number of aromatic nitrogens is 2. The first-order valence-corrected chi connectivity index (χ1v) is 12.4. The minimum atomic E-state index is -4.89. The summed E-state index contributed by atoms with van der Waals surface area (Å²) in [6.07, 6.45) is -5.23. The molecule has 0 bridgehead atoms. The molecule has 0 spiro atoms. The molecular weight excluding hydrogens is 527 g/mol. The summed E-state index contributed by atoms with van der Waals surface area (Å²) in [4.78, 5) is 27.4. The summed E-state index contributed by atoms with van der Waals surface area (Å²) in [6, 6.07) is 6.99. The molecule has 1 unspecified atom stereocenters. The molecular formula is C21H25F4N4O7P. The van der Waals surface area contributed by atoms with Gasteiger partial charge >= 0.3 is 31.3 Å². The van der Waals surface area contributed by atoms with Crippen LogP contribution in [0.5, 0.6) is 5.75 Å². The van der Waals surface area contributed by atoms with E-state index in [2.05, 4.69) is 10.1 Å². The number of hydrogen-bond acceptors (Lipinski definition) is 9. The maximum Gasteiger partial charge on any atom is 0.459 e. The van der Waals surface area contributed by atoms with Gasteiger partial charge in [0, 0.05) is 6.20 Å². The maximum atomic E-state index is 14.7. The zero-order chi connectivity index (χ0) is 27.6. The van der Waals surface area contributed by atoms with E-state index < -0.39 is 62.3 Å². The fourth-order valence-electron chi connectivity index (χ4n) is 3.19. The van der Waals surface area contributed by atoms with Crippen LogP contribution in [-0.2, 0) is 23.4 Å². The van der Waals surface area contributed by atoms with E-state index in [-0.39, 0.29) is 16.1 Å². The molecule has 0 saturated carbocycles. The van der Waals surface area contributed by atoms with Gasteiger partial charge in [-0.15, -0.1) is 0 Å². The van der Waals surface area contributed by atoms with Gasteiger partial charge in [0.05, 0.1) is 12.7 Å². The van der Waals surface area contributed by atoms with Gasteiger partial charge in [-0.25, -0.2) is 9.36 Å². The number of carbonyl (C=O) groups excluding carboxylic acids is 1. The molecule has 1 saturated heterocycles. The number of rotatable bonds is 10. The second-order valence-corrected chi connectivity index (χ2v) is 9.99. The molecule has 37 heavy (non-hydrogen) atoms. The topological polar surface area (TPSA) is 144 Å². The van der Waals surface area contributed by atoms with Crippen molar-refractivity contribution in [1.29, 1.82) is 0 Å². The largest absolute Gasteiger partial charge is 0.462 e. The quantitative estimate of drug-likeness (QED) is 0.256. The van der Waals surface area contributed by atoms with E-state index in [0.29, 0.717) is 0 Å². The van der Waals surface area contributed by atoms with Gasteiger partial charge in [-0.2, -0.15) is 27.6 Å². The number of nitrogens with one attached hydrogen (secondary N) is 1. The van der Waals surface area contributed by atoms with Crippen molar-refractivity contribution in [3.05, 3.63) is 53.1 Å². The molecule has 3 N–H and O–H groups in total. The van der Waals surface area contributed by atoms with Crippen LogP contribution in [0.1, 0.15) is 27.0 Å². The Hall–Kier alpha value is -3.00. The molecule has 0 amide bonds. The predicted molar refractivity (Wildman–Crippen MR) is 121 cm³/mol. The zero-order valence-corrected chi connectivity index (χ0v) is 20.7. The van der Waals surface area contributed by atoms with E-state index in [1.54, 1.807) is 19.9 Å². The first kappa shape index (κ1) is 28.6. The first-order valence-electron chi connectivity index (χ1n) is 10.9. The summed E-state index contributed by atoms with van der Waals surface area (Å²) < 4.78 is 92.6. The van der Waals surface area contributed by atoms with Crippen LogP contribution in [0, 0.1) is 0 Å². The third kappa shape index (κ3) is 6.29. The van der Waals surface area contributed by atoms with Crippen LogP contribution in [0.2, 0.25) is 0 Å². The number of anilines is 1. The highest BCUT2D eigenvalue weighted by molar-refractivity contribution is 7.52. The highest BCUT2D eigenvalue weighted by atomic mass is 31.2. The molecule has 11 nitrogen and oxygen atoms in total. The molecule has 0 aliphatic carbocycles. The van der Waals surface area contributed by atoms with Crippen LogP contribution >= 0.6 is 7.75 Å². The number of ether oxygens (including phenoxy) is 2.